The van der Waals surface area contributed by atoms with Crippen molar-refractivity contribution in [3.05, 3.63) is 35.5 Å². The highest BCUT2D eigenvalue weighted by molar-refractivity contribution is 5.94. The Bertz CT molecular complexity index is 604. The maximum Gasteiger partial charge on any atom is 0.149 e. The van der Waals surface area contributed by atoms with Crippen molar-refractivity contribution in [2.45, 2.75) is 0 Å². The average molecular weight is 220 g/mol. The van der Waals surface area contributed by atoms with Gasteiger partial charge >= 0.3 is 0 Å². The number of halogens is 2. The van der Waals surface area contributed by atoms with E-state index in [1.54, 1.807) is 6.07 Å². The van der Waals surface area contributed by atoms with Gasteiger partial charge in [-0.25, -0.2) is 8.78 Å². The lowest BCUT2D eigenvalue weighted by Crippen LogP contribution is -2.10. The number of nitrogen functional groups attached to an aromatic ring is 1. The van der Waals surface area contributed by atoms with Gasteiger partial charge in [-0.2, -0.15) is 5.26 Å². The number of fused-ring (bicyclic) bond motifs is 1. The van der Waals surface area contributed by atoms with Crippen LogP contribution in [-0.4, -0.2) is 4.98 Å². The molecule has 0 unspecified atom stereocenters. The molecule has 2 aromatic rings. The van der Waals surface area contributed by atoms with Gasteiger partial charge in [0.25, 0.3) is 0 Å². The van der Waals surface area contributed by atoms with Crippen LogP contribution in [0.1, 0.15) is 5.56 Å². The summed E-state index contributed by atoms with van der Waals surface area (Å²) in [6.07, 6.45) is 1.14. The van der Waals surface area contributed by atoms with Gasteiger partial charge in [0.05, 0.1) is 16.6 Å². The van der Waals surface area contributed by atoms with Gasteiger partial charge in [-0.15, -0.1) is 0 Å². The SMILES string of the molecule is N#Cc1cnc2c(F)ccc(F)c2c1NN. The van der Waals surface area contributed by atoms with Crippen molar-refractivity contribution in [1.29, 1.82) is 5.26 Å². The molecule has 0 atom stereocenters. The van der Waals surface area contributed by atoms with Gasteiger partial charge < -0.3 is 5.43 Å². The van der Waals surface area contributed by atoms with Crippen molar-refractivity contribution in [3.63, 3.8) is 0 Å². The predicted octanol–water partition coefficient (Wildman–Crippen LogP) is 1.67. The summed E-state index contributed by atoms with van der Waals surface area (Å²) in [6.45, 7) is 0. The fourth-order valence-electron chi connectivity index (χ4n) is 1.47. The molecule has 3 N–H and O–H groups in total. The van der Waals surface area contributed by atoms with Crippen molar-refractivity contribution in [2.75, 3.05) is 5.43 Å². The summed E-state index contributed by atoms with van der Waals surface area (Å²) < 4.78 is 26.9. The quantitative estimate of drug-likeness (QED) is 0.566. The van der Waals surface area contributed by atoms with Crippen molar-refractivity contribution in [1.82, 2.24) is 4.98 Å². The van der Waals surface area contributed by atoms with Gasteiger partial charge in [0, 0.05) is 6.20 Å². The molecular weight excluding hydrogens is 214 g/mol. The molecule has 4 nitrogen and oxygen atoms in total. The molecule has 16 heavy (non-hydrogen) atoms. The summed E-state index contributed by atoms with van der Waals surface area (Å²) in [7, 11) is 0. The zero-order valence-electron chi connectivity index (χ0n) is 7.96. The fourth-order valence-corrected chi connectivity index (χ4v) is 1.47. The molecule has 1 aromatic heterocycles. The molecule has 0 aliphatic heterocycles. The average Bonchev–Trinajstić information content (AvgIpc) is 2.32. The minimum absolute atomic E-state index is 0.0319. The number of nitrogens with zero attached hydrogens (tertiary/aromatic N) is 2. The summed E-state index contributed by atoms with van der Waals surface area (Å²) >= 11 is 0. The minimum Gasteiger partial charge on any atom is -0.322 e. The number of anilines is 1. The third kappa shape index (κ3) is 1.34. The highest BCUT2D eigenvalue weighted by atomic mass is 19.1. The van der Waals surface area contributed by atoms with E-state index >= 15 is 0 Å². The zero-order valence-corrected chi connectivity index (χ0v) is 7.96. The van der Waals surface area contributed by atoms with Gasteiger partial charge in [0.2, 0.25) is 0 Å². The van der Waals surface area contributed by atoms with Gasteiger partial charge in [0.15, 0.2) is 0 Å². The standard InChI is InChI=1S/C10H6F2N4/c11-6-1-2-7(12)10-8(6)9(16-14)5(3-13)4-15-10/h1-2,4H,14H2,(H,15,16). The van der Waals surface area contributed by atoms with Crippen LogP contribution in [0.3, 0.4) is 0 Å². The first kappa shape index (κ1) is 10.3. The molecule has 0 amide bonds. The maximum absolute atomic E-state index is 13.5. The Kier molecular flexibility index (Phi) is 2.38. The Morgan fingerprint density at radius 1 is 1.31 bits per heavy atom. The number of nitrogens with two attached hydrogens (primary N) is 1. The molecule has 6 heteroatoms. The first-order chi connectivity index (χ1) is 7.69. The Morgan fingerprint density at radius 2 is 2.00 bits per heavy atom. The van der Waals surface area contributed by atoms with Gasteiger partial charge in [-0.3, -0.25) is 10.8 Å². The molecule has 0 aliphatic rings. The number of hydrogen-bond donors (Lipinski definition) is 2. The molecule has 0 fully saturated rings. The number of nitriles is 1. The lowest BCUT2D eigenvalue weighted by molar-refractivity contribution is 0.615. The van der Waals surface area contributed by atoms with Crippen LogP contribution in [0.15, 0.2) is 18.3 Å². The molecule has 1 aromatic carbocycles. The molecule has 80 valence electrons. The maximum atomic E-state index is 13.5. The van der Waals surface area contributed by atoms with Gasteiger partial charge in [-0.1, -0.05) is 0 Å². The van der Waals surface area contributed by atoms with Crippen LogP contribution in [0, 0.1) is 23.0 Å². The van der Waals surface area contributed by atoms with Crippen LogP contribution in [0.2, 0.25) is 0 Å². The molecular formula is C10H6F2N4. The number of pyridine rings is 1. The topological polar surface area (TPSA) is 74.7 Å². The van der Waals surface area contributed by atoms with E-state index in [4.69, 9.17) is 11.1 Å². The fraction of sp³-hybridized carbons (Fsp3) is 0. The second-order valence-electron chi connectivity index (χ2n) is 3.06. The molecule has 1 heterocycles. The Balaban J connectivity index is 2.98. The first-order valence-corrected chi connectivity index (χ1v) is 4.32. The summed E-state index contributed by atoms with van der Waals surface area (Å²) in [4.78, 5) is 3.69. The monoisotopic (exact) mass is 220 g/mol. The van der Waals surface area contributed by atoms with E-state index in [0.29, 0.717) is 0 Å². The van der Waals surface area contributed by atoms with Crippen LogP contribution in [0.5, 0.6) is 0 Å². The van der Waals surface area contributed by atoms with E-state index in [1.807, 2.05) is 0 Å². The van der Waals surface area contributed by atoms with Crippen molar-refractivity contribution < 1.29 is 8.78 Å². The summed E-state index contributed by atoms with van der Waals surface area (Å²) in [5.41, 5.74) is 2.12. The van der Waals surface area contributed by atoms with Gasteiger partial charge in [-0.05, 0) is 12.1 Å². The highest BCUT2D eigenvalue weighted by Gasteiger charge is 2.14. The smallest absolute Gasteiger partial charge is 0.149 e. The van der Waals surface area contributed by atoms with E-state index < -0.39 is 11.6 Å². The number of aromatic nitrogens is 1. The van der Waals surface area contributed by atoms with Crippen molar-refractivity contribution in [2.24, 2.45) is 5.84 Å². The molecule has 0 saturated carbocycles. The molecule has 0 spiro atoms. The minimum atomic E-state index is -0.686. The van der Waals surface area contributed by atoms with E-state index in [1.165, 1.54) is 0 Å². The van der Waals surface area contributed by atoms with E-state index in [0.717, 1.165) is 18.3 Å². The second kappa shape index (κ2) is 3.72. The summed E-state index contributed by atoms with van der Waals surface area (Å²) in [5.74, 6) is 3.84. The number of nitrogens with one attached hydrogen (secondary N) is 1. The molecule has 2 rings (SSSR count). The third-order valence-electron chi connectivity index (χ3n) is 2.18. The Hall–Kier alpha value is -2.26. The summed E-state index contributed by atoms with van der Waals surface area (Å²) in [6, 6.07) is 3.72. The van der Waals surface area contributed by atoms with Gasteiger partial charge in [0.1, 0.15) is 23.2 Å². The number of hydrazine groups is 1. The van der Waals surface area contributed by atoms with E-state index in [9.17, 15) is 8.78 Å². The van der Waals surface area contributed by atoms with Crippen molar-refractivity contribution >= 4 is 16.6 Å². The first-order valence-electron chi connectivity index (χ1n) is 4.32. The number of hydrogen-bond acceptors (Lipinski definition) is 4. The number of benzene rings is 1. The van der Waals surface area contributed by atoms with Crippen LogP contribution < -0.4 is 11.3 Å². The Labute approximate surface area is 89.3 Å². The van der Waals surface area contributed by atoms with Crippen LogP contribution in [-0.2, 0) is 0 Å². The molecule has 0 aliphatic carbocycles. The lowest BCUT2D eigenvalue weighted by atomic mass is 10.1. The molecule has 0 radical (unpaired) electrons. The van der Waals surface area contributed by atoms with E-state index in [2.05, 4.69) is 10.4 Å². The van der Waals surface area contributed by atoms with Crippen LogP contribution in [0.25, 0.3) is 10.9 Å². The molecule has 0 bridgehead atoms. The van der Waals surface area contributed by atoms with Crippen LogP contribution in [0.4, 0.5) is 14.5 Å². The zero-order chi connectivity index (χ0) is 11.7. The second-order valence-corrected chi connectivity index (χ2v) is 3.06. The Morgan fingerprint density at radius 3 is 2.62 bits per heavy atom. The lowest BCUT2D eigenvalue weighted by Gasteiger charge is -2.08. The summed E-state index contributed by atoms with van der Waals surface area (Å²) in [5, 5.41) is 8.64. The van der Waals surface area contributed by atoms with Crippen LogP contribution >= 0.6 is 0 Å². The normalized spacial score (nSPS) is 10.1. The largest absolute Gasteiger partial charge is 0.322 e. The number of rotatable bonds is 1. The van der Waals surface area contributed by atoms with Crippen molar-refractivity contribution in [3.8, 4) is 6.07 Å². The van der Waals surface area contributed by atoms with E-state index in [-0.39, 0.29) is 22.2 Å². The molecule has 0 saturated heterocycles. The predicted molar refractivity (Wildman–Crippen MR) is 54.2 cm³/mol. The third-order valence-corrected chi connectivity index (χ3v) is 2.18. The highest BCUT2D eigenvalue weighted by Crippen LogP contribution is 2.28.